The number of nitrogens with two attached hydrogens (primary N) is 2. The van der Waals surface area contributed by atoms with Gasteiger partial charge in [0.1, 0.15) is 5.84 Å². The molecule has 114 valence electrons. The number of amidine groups is 1. The number of hydrogen-bond donors (Lipinski definition) is 2. The van der Waals surface area contributed by atoms with E-state index in [0.717, 1.165) is 0 Å². The van der Waals surface area contributed by atoms with Crippen LogP contribution in [0.25, 0.3) is 0 Å². The Kier molecular flexibility index (Phi) is 4.80. The Hall–Kier alpha value is -1.96. The highest BCUT2D eigenvalue weighted by atomic mass is 35.5. The predicted molar refractivity (Wildman–Crippen MR) is 90.6 cm³/mol. The van der Waals surface area contributed by atoms with Gasteiger partial charge in [0.05, 0.1) is 33.3 Å². The van der Waals surface area contributed by atoms with E-state index < -0.39 is 5.92 Å². The van der Waals surface area contributed by atoms with Crippen molar-refractivity contribution in [2.75, 3.05) is 0 Å². The number of halogens is 2. The van der Waals surface area contributed by atoms with Crippen molar-refractivity contribution in [2.45, 2.75) is 19.8 Å². The van der Waals surface area contributed by atoms with Crippen LogP contribution < -0.4 is 11.5 Å². The highest BCUT2D eigenvalue weighted by Gasteiger charge is 2.33. The molecule has 1 heterocycles. The van der Waals surface area contributed by atoms with Gasteiger partial charge in [-0.05, 0) is 17.5 Å². The maximum Gasteiger partial charge on any atom is 0.129 e. The van der Waals surface area contributed by atoms with E-state index in [4.69, 9.17) is 34.7 Å². The molecule has 1 aromatic carbocycles. The Morgan fingerprint density at radius 2 is 2.05 bits per heavy atom. The Balaban J connectivity index is 2.77. The second-order valence-electron chi connectivity index (χ2n) is 5.26. The maximum absolute atomic E-state index is 9.64. The van der Waals surface area contributed by atoms with Gasteiger partial charge in [-0.25, -0.2) is 4.99 Å². The molecule has 1 aliphatic heterocycles. The summed E-state index contributed by atoms with van der Waals surface area (Å²) >= 11 is 12.4. The number of aliphatic imine (C=N–C) groups is 1. The normalized spacial score (nSPS) is 20.3. The molecular weight excluding hydrogens is 319 g/mol. The van der Waals surface area contributed by atoms with Gasteiger partial charge in [0.25, 0.3) is 0 Å². The number of rotatable bonds is 2. The molecule has 6 heteroatoms. The summed E-state index contributed by atoms with van der Waals surface area (Å²) in [5, 5.41) is 10.4. The first-order valence-corrected chi connectivity index (χ1v) is 7.52. The van der Waals surface area contributed by atoms with Crippen molar-refractivity contribution in [1.82, 2.24) is 0 Å². The molecule has 1 aromatic rings. The van der Waals surface area contributed by atoms with Crippen LogP contribution in [0.5, 0.6) is 0 Å². The molecule has 0 aliphatic carbocycles. The van der Waals surface area contributed by atoms with Gasteiger partial charge in [0, 0.05) is 11.8 Å². The zero-order chi connectivity index (χ0) is 16.4. The van der Waals surface area contributed by atoms with E-state index in [-0.39, 0.29) is 5.92 Å². The minimum atomic E-state index is -0.462. The zero-order valence-electron chi connectivity index (χ0n) is 12.3. The van der Waals surface area contributed by atoms with Gasteiger partial charge in [-0.2, -0.15) is 5.26 Å². The second-order valence-corrected chi connectivity index (χ2v) is 6.05. The lowest BCUT2D eigenvalue weighted by molar-refractivity contribution is 0.727. The minimum absolute atomic E-state index is 0.0491. The van der Waals surface area contributed by atoms with Gasteiger partial charge >= 0.3 is 0 Å². The maximum atomic E-state index is 9.64. The average molecular weight is 335 g/mol. The molecule has 22 heavy (non-hydrogen) atoms. The molecule has 4 nitrogen and oxygen atoms in total. The summed E-state index contributed by atoms with van der Waals surface area (Å²) < 4.78 is 0. The highest BCUT2D eigenvalue weighted by Crippen LogP contribution is 2.43. The Morgan fingerprint density at radius 1 is 1.36 bits per heavy atom. The summed E-state index contributed by atoms with van der Waals surface area (Å²) in [7, 11) is 0. The van der Waals surface area contributed by atoms with Gasteiger partial charge in [-0.3, -0.25) is 0 Å². The summed E-state index contributed by atoms with van der Waals surface area (Å²) in [6.07, 6.45) is 1.37. The van der Waals surface area contributed by atoms with Crippen molar-refractivity contribution in [3.05, 3.63) is 56.9 Å². The molecule has 0 fully saturated rings. The van der Waals surface area contributed by atoms with E-state index in [2.05, 4.69) is 11.1 Å². The molecular formula is C16H16Cl2N4. The fourth-order valence-electron chi connectivity index (χ4n) is 2.52. The molecule has 0 spiro atoms. The van der Waals surface area contributed by atoms with Crippen molar-refractivity contribution in [2.24, 2.45) is 22.4 Å². The summed E-state index contributed by atoms with van der Waals surface area (Å²) in [6.45, 7) is 3.91. The second kappa shape index (κ2) is 6.43. The number of benzene rings is 1. The Morgan fingerprint density at radius 3 is 2.59 bits per heavy atom. The first kappa shape index (κ1) is 16.4. The number of hydrogen-bond acceptors (Lipinski definition) is 4. The molecule has 1 unspecified atom stereocenters. The molecule has 4 N–H and O–H groups in total. The lowest BCUT2D eigenvalue weighted by Gasteiger charge is -2.27. The van der Waals surface area contributed by atoms with Crippen LogP contribution in [0, 0.1) is 17.2 Å². The third-order valence-corrected chi connectivity index (χ3v) is 4.39. The molecule has 0 radical (unpaired) electrons. The lowest BCUT2D eigenvalue weighted by atomic mass is 9.80. The summed E-state index contributed by atoms with van der Waals surface area (Å²) in [4.78, 5) is 4.34. The number of allylic oxidation sites excluding steroid dienone is 2. The quantitative estimate of drug-likeness (QED) is 0.863. The van der Waals surface area contributed by atoms with Crippen LogP contribution >= 0.6 is 23.2 Å². The fourth-order valence-corrected chi connectivity index (χ4v) is 2.93. The largest absolute Gasteiger partial charge is 0.404 e. The Labute approximate surface area is 139 Å². The van der Waals surface area contributed by atoms with E-state index in [0.29, 0.717) is 38.3 Å². The van der Waals surface area contributed by atoms with Crippen molar-refractivity contribution in [1.29, 1.82) is 5.26 Å². The van der Waals surface area contributed by atoms with Gasteiger partial charge in [-0.1, -0.05) is 49.2 Å². The van der Waals surface area contributed by atoms with Crippen LogP contribution in [0.15, 0.2) is 46.2 Å². The summed E-state index contributed by atoms with van der Waals surface area (Å²) in [5.41, 5.74) is 14.1. The van der Waals surface area contributed by atoms with Crippen molar-refractivity contribution in [3.8, 4) is 6.07 Å². The van der Waals surface area contributed by atoms with Crippen molar-refractivity contribution >= 4 is 29.0 Å². The van der Waals surface area contributed by atoms with Gasteiger partial charge in [0.2, 0.25) is 0 Å². The molecule has 0 amide bonds. The van der Waals surface area contributed by atoms with Gasteiger partial charge < -0.3 is 11.5 Å². The lowest BCUT2D eigenvalue weighted by Crippen LogP contribution is -2.27. The van der Waals surface area contributed by atoms with E-state index in [9.17, 15) is 5.26 Å². The van der Waals surface area contributed by atoms with Crippen LogP contribution in [-0.4, -0.2) is 5.84 Å². The van der Waals surface area contributed by atoms with Gasteiger partial charge in [0.15, 0.2) is 0 Å². The fraction of sp³-hybridized carbons (Fsp3) is 0.250. The smallest absolute Gasteiger partial charge is 0.129 e. The molecule has 1 atom stereocenters. The van der Waals surface area contributed by atoms with Crippen molar-refractivity contribution in [3.63, 3.8) is 0 Å². The summed E-state index contributed by atoms with van der Waals surface area (Å²) in [6, 6.07) is 7.52. The molecule has 0 bridgehead atoms. The van der Waals surface area contributed by atoms with E-state index in [1.165, 1.54) is 6.20 Å². The van der Waals surface area contributed by atoms with Crippen LogP contribution in [0.1, 0.15) is 25.3 Å². The molecule has 2 rings (SSSR count). The van der Waals surface area contributed by atoms with Crippen LogP contribution in [0.2, 0.25) is 10.0 Å². The van der Waals surface area contributed by atoms with E-state index in [1.54, 1.807) is 12.1 Å². The SMILES string of the molecule is CC(C)C1=C(C#N)C(c2cccc(Cl)c2Cl)/C(=C/N)C(N)=N1. The predicted octanol–water partition coefficient (Wildman–Crippen LogP) is 3.72. The number of nitriles is 1. The summed E-state index contributed by atoms with van der Waals surface area (Å²) in [5.74, 6) is -0.115. The highest BCUT2D eigenvalue weighted by molar-refractivity contribution is 6.42. The van der Waals surface area contributed by atoms with E-state index in [1.807, 2.05) is 19.9 Å². The standard InChI is InChI=1S/C16H16Cl2N4/c1-8(2)15-10(6-19)13(11(7-20)16(21)22-15)9-4-3-5-12(17)14(9)18/h3-5,7-8,13H,20H2,1-2H3,(H2,21,22)/b11-7-. The van der Waals surface area contributed by atoms with Gasteiger partial charge in [-0.15, -0.1) is 0 Å². The first-order valence-electron chi connectivity index (χ1n) is 6.76. The van der Waals surface area contributed by atoms with Crippen molar-refractivity contribution < 1.29 is 0 Å². The van der Waals surface area contributed by atoms with Crippen LogP contribution in [0.3, 0.4) is 0 Å². The van der Waals surface area contributed by atoms with Crippen LogP contribution in [0.4, 0.5) is 0 Å². The molecule has 0 saturated heterocycles. The monoisotopic (exact) mass is 334 g/mol. The topological polar surface area (TPSA) is 88.2 Å². The average Bonchev–Trinajstić information content (AvgIpc) is 2.49. The first-order chi connectivity index (χ1) is 10.4. The van der Waals surface area contributed by atoms with Crippen LogP contribution in [-0.2, 0) is 0 Å². The molecule has 0 saturated carbocycles. The van der Waals surface area contributed by atoms with E-state index >= 15 is 0 Å². The molecule has 1 aliphatic rings. The third-order valence-electron chi connectivity index (χ3n) is 3.55. The number of nitrogens with zero attached hydrogens (tertiary/aromatic N) is 2. The zero-order valence-corrected chi connectivity index (χ0v) is 13.8. The Bertz CT molecular complexity index is 739. The third kappa shape index (κ3) is 2.70. The molecule has 0 aromatic heterocycles. The minimum Gasteiger partial charge on any atom is -0.404 e.